The van der Waals surface area contributed by atoms with Gasteiger partial charge in [0.05, 0.1) is 0 Å². The van der Waals surface area contributed by atoms with Crippen LogP contribution in [0.25, 0.3) is 11.5 Å². The number of carbonyl (C=O) groups excluding carboxylic acids is 1. The minimum atomic E-state index is -0.638. The minimum Gasteiger partial charge on any atom is -0.388 e. The Labute approximate surface area is 141 Å². The summed E-state index contributed by atoms with van der Waals surface area (Å²) in [7, 11) is 0. The van der Waals surface area contributed by atoms with Gasteiger partial charge in [-0.2, -0.15) is 4.68 Å². The van der Waals surface area contributed by atoms with E-state index in [4.69, 9.17) is 4.42 Å². The number of rotatable bonds is 8. The van der Waals surface area contributed by atoms with Crippen molar-refractivity contribution in [3.8, 4) is 11.5 Å². The Morgan fingerprint density at radius 2 is 1.96 bits per heavy atom. The van der Waals surface area contributed by atoms with Crippen molar-refractivity contribution >= 4 is 5.91 Å². The molecule has 2 rings (SSSR count). The lowest BCUT2D eigenvalue weighted by Gasteiger charge is -2.26. The van der Waals surface area contributed by atoms with Crippen molar-refractivity contribution in [2.24, 2.45) is 0 Å². The van der Waals surface area contributed by atoms with Crippen LogP contribution >= 0.6 is 0 Å². The van der Waals surface area contributed by atoms with Crippen molar-refractivity contribution in [1.29, 1.82) is 0 Å². The van der Waals surface area contributed by atoms with Crippen molar-refractivity contribution in [3.63, 3.8) is 0 Å². The topological polar surface area (TPSA) is 80.4 Å². The molecule has 0 saturated heterocycles. The number of likely N-dealkylation sites (N-methyl/N-ethyl adjacent to an activating group) is 1. The fourth-order valence-corrected chi connectivity index (χ4v) is 2.53. The second kappa shape index (κ2) is 8.44. The van der Waals surface area contributed by atoms with Crippen LogP contribution in [0.5, 0.6) is 0 Å². The van der Waals surface area contributed by atoms with Crippen LogP contribution < -0.4 is 11.1 Å². The second-order valence-corrected chi connectivity index (χ2v) is 5.57. The maximum atomic E-state index is 12.0. The number of hydrogen-bond donors (Lipinski definition) is 1. The molecule has 1 aromatic heterocycles. The Morgan fingerprint density at radius 1 is 1.29 bits per heavy atom. The first-order valence-electron chi connectivity index (χ1n) is 8.19. The van der Waals surface area contributed by atoms with Crippen LogP contribution in [0.15, 0.2) is 39.5 Å². The van der Waals surface area contributed by atoms with Gasteiger partial charge in [-0.15, -0.1) is 5.10 Å². The first kappa shape index (κ1) is 17.9. The van der Waals surface area contributed by atoms with Crippen LogP contribution in [-0.2, 0) is 11.3 Å². The molecule has 1 aromatic carbocycles. The molecule has 0 aliphatic rings. The third-order valence-electron chi connectivity index (χ3n) is 3.95. The van der Waals surface area contributed by atoms with Crippen molar-refractivity contribution in [2.75, 3.05) is 19.6 Å². The Morgan fingerprint density at radius 3 is 2.58 bits per heavy atom. The predicted octanol–water partition coefficient (Wildman–Crippen LogP) is 1.35. The lowest BCUT2D eigenvalue weighted by Crippen LogP contribution is -2.43. The summed E-state index contributed by atoms with van der Waals surface area (Å²) in [6.07, 6.45) is 0. The molecule has 2 aromatic rings. The summed E-state index contributed by atoms with van der Waals surface area (Å²) in [5.74, 6) is -0.685. The fraction of sp³-hybridized carbons (Fsp3) is 0.471. The zero-order valence-corrected chi connectivity index (χ0v) is 14.4. The van der Waals surface area contributed by atoms with E-state index in [1.165, 1.54) is 0 Å². The van der Waals surface area contributed by atoms with Gasteiger partial charge < -0.3 is 9.73 Å². The molecule has 1 unspecified atom stereocenters. The molecule has 0 aliphatic heterocycles. The minimum absolute atomic E-state index is 0.153. The predicted molar refractivity (Wildman–Crippen MR) is 91.6 cm³/mol. The highest BCUT2D eigenvalue weighted by Crippen LogP contribution is 2.13. The number of carbonyl (C=O) groups is 1. The van der Waals surface area contributed by atoms with Crippen LogP contribution in [0.3, 0.4) is 0 Å². The lowest BCUT2D eigenvalue weighted by atomic mass is 10.2. The number of hydrogen-bond acceptors (Lipinski definition) is 5. The largest absolute Gasteiger partial charge is 0.437 e. The van der Waals surface area contributed by atoms with E-state index in [2.05, 4.69) is 36.1 Å². The van der Waals surface area contributed by atoms with Crippen molar-refractivity contribution in [2.45, 2.75) is 33.4 Å². The summed E-state index contributed by atoms with van der Waals surface area (Å²) in [6, 6.07) is 9.34. The quantitative estimate of drug-likeness (QED) is 0.789. The average Bonchev–Trinajstić information content (AvgIpc) is 2.95. The fourth-order valence-electron chi connectivity index (χ4n) is 2.53. The number of amides is 1. The van der Waals surface area contributed by atoms with Crippen LogP contribution in [0.4, 0.5) is 0 Å². The molecule has 24 heavy (non-hydrogen) atoms. The van der Waals surface area contributed by atoms with Gasteiger partial charge >= 0.3 is 5.76 Å². The van der Waals surface area contributed by atoms with Gasteiger partial charge in [-0.25, -0.2) is 4.79 Å². The normalized spacial score (nSPS) is 12.3. The molecule has 0 radical (unpaired) electrons. The Hall–Kier alpha value is -2.41. The van der Waals surface area contributed by atoms with Gasteiger partial charge in [-0.3, -0.25) is 9.69 Å². The molecular weight excluding hydrogens is 308 g/mol. The summed E-state index contributed by atoms with van der Waals surface area (Å²) in [5.41, 5.74) is 0.698. The maximum absolute atomic E-state index is 12.0. The molecular formula is C17H24N4O3. The van der Waals surface area contributed by atoms with Gasteiger partial charge in [0.15, 0.2) is 0 Å². The molecule has 0 spiro atoms. The van der Waals surface area contributed by atoms with Crippen molar-refractivity contribution in [1.82, 2.24) is 20.0 Å². The lowest BCUT2D eigenvalue weighted by molar-refractivity contribution is -0.122. The molecule has 0 bridgehead atoms. The van der Waals surface area contributed by atoms with Gasteiger partial charge in [0.25, 0.3) is 0 Å². The van der Waals surface area contributed by atoms with Gasteiger partial charge in [-0.1, -0.05) is 32.0 Å². The van der Waals surface area contributed by atoms with Crippen molar-refractivity contribution in [3.05, 3.63) is 40.9 Å². The number of aromatic nitrogens is 2. The summed E-state index contributed by atoms with van der Waals surface area (Å²) >= 11 is 0. The monoisotopic (exact) mass is 332 g/mol. The first-order chi connectivity index (χ1) is 11.5. The molecule has 1 N–H and O–H groups in total. The van der Waals surface area contributed by atoms with E-state index in [1.807, 2.05) is 18.2 Å². The van der Waals surface area contributed by atoms with Crippen LogP contribution in [0.2, 0.25) is 0 Å². The molecule has 0 saturated carbocycles. The van der Waals surface area contributed by atoms with E-state index in [0.29, 0.717) is 12.1 Å². The molecule has 130 valence electrons. The molecule has 0 aliphatic carbocycles. The van der Waals surface area contributed by atoms with Gasteiger partial charge in [-0.05, 0) is 32.1 Å². The van der Waals surface area contributed by atoms with Gasteiger partial charge in [0.2, 0.25) is 11.8 Å². The Balaban J connectivity index is 1.95. The smallest absolute Gasteiger partial charge is 0.388 e. The highest BCUT2D eigenvalue weighted by molar-refractivity contribution is 5.75. The standard InChI is InChI=1S/C17H24N4O3/c1-4-20(5-2)13(3)11-18-15(22)12-21-17(23)24-16(19-21)14-9-7-6-8-10-14/h6-10,13H,4-5,11-12H2,1-3H3,(H,18,22). The maximum Gasteiger partial charge on any atom is 0.437 e. The summed E-state index contributed by atoms with van der Waals surface area (Å²) in [4.78, 5) is 26.1. The highest BCUT2D eigenvalue weighted by atomic mass is 16.4. The average molecular weight is 332 g/mol. The molecule has 0 fully saturated rings. The van der Waals surface area contributed by atoms with E-state index < -0.39 is 5.76 Å². The third-order valence-corrected chi connectivity index (χ3v) is 3.95. The van der Waals surface area contributed by atoms with Crippen LogP contribution in [0.1, 0.15) is 20.8 Å². The molecule has 1 amide bonds. The highest BCUT2D eigenvalue weighted by Gasteiger charge is 2.15. The van der Waals surface area contributed by atoms with E-state index >= 15 is 0 Å². The van der Waals surface area contributed by atoms with Crippen LogP contribution in [0, 0.1) is 0 Å². The van der Waals surface area contributed by atoms with Crippen LogP contribution in [-0.4, -0.2) is 46.3 Å². The second-order valence-electron chi connectivity index (χ2n) is 5.57. The Kier molecular flexibility index (Phi) is 6.31. The molecule has 7 nitrogen and oxygen atoms in total. The Bertz CT molecular complexity index is 704. The SMILES string of the molecule is CCN(CC)C(C)CNC(=O)Cn1nc(-c2ccccc2)oc1=O. The number of nitrogens with one attached hydrogen (secondary N) is 1. The van der Waals surface area contributed by atoms with E-state index in [1.54, 1.807) is 12.1 Å². The third kappa shape index (κ3) is 4.55. The first-order valence-corrected chi connectivity index (χ1v) is 8.19. The summed E-state index contributed by atoms with van der Waals surface area (Å²) in [5, 5.41) is 6.92. The summed E-state index contributed by atoms with van der Waals surface area (Å²) in [6.45, 7) is 8.46. The molecule has 7 heteroatoms. The number of nitrogens with zero attached hydrogens (tertiary/aromatic N) is 3. The van der Waals surface area contributed by atoms with Gasteiger partial charge in [0, 0.05) is 18.2 Å². The van der Waals surface area contributed by atoms with Crippen molar-refractivity contribution < 1.29 is 9.21 Å². The number of benzene rings is 1. The molecule has 1 heterocycles. The van der Waals surface area contributed by atoms with E-state index in [-0.39, 0.29) is 24.4 Å². The zero-order valence-electron chi connectivity index (χ0n) is 14.4. The summed E-state index contributed by atoms with van der Waals surface area (Å²) < 4.78 is 6.15. The van der Waals surface area contributed by atoms with E-state index in [9.17, 15) is 9.59 Å². The van der Waals surface area contributed by atoms with Gasteiger partial charge in [0.1, 0.15) is 6.54 Å². The molecule has 1 atom stereocenters. The zero-order chi connectivity index (χ0) is 17.5. The van der Waals surface area contributed by atoms with E-state index in [0.717, 1.165) is 17.8 Å².